The van der Waals surface area contributed by atoms with E-state index in [9.17, 15) is 14.9 Å². The summed E-state index contributed by atoms with van der Waals surface area (Å²) in [4.78, 5) is 28.5. The number of primary amides is 1. The van der Waals surface area contributed by atoms with E-state index < -0.39 is 23.2 Å². The Bertz CT molecular complexity index is 1200. The zero-order chi connectivity index (χ0) is 22.0. The fourth-order valence-electron chi connectivity index (χ4n) is 3.88. The minimum atomic E-state index is -1.37. The maximum atomic E-state index is 12.3. The number of ether oxygens (including phenoxy) is 1. The highest BCUT2D eigenvalue weighted by Gasteiger charge is 2.46. The van der Waals surface area contributed by atoms with Gasteiger partial charge in [-0.25, -0.2) is 4.79 Å². The van der Waals surface area contributed by atoms with Crippen LogP contribution >= 0.6 is 0 Å². The Kier molecular flexibility index (Phi) is 5.59. The molecule has 0 saturated carbocycles. The molecule has 9 nitrogen and oxygen atoms in total. The minimum absolute atomic E-state index is 0.204. The maximum absolute atomic E-state index is 12.3. The largest absolute Gasteiger partial charge is 0.419 e. The highest BCUT2D eigenvalue weighted by Crippen LogP contribution is 2.28. The van der Waals surface area contributed by atoms with Crippen molar-refractivity contribution in [3.8, 4) is 17.3 Å². The number of nitrogens with zero attached hydrogens (tertiary/aromatic N) is 3. The molecule has 1 saturated heterocycles. The lowest BCUT2D eigenvalue weighted by Crippen LogP contribution is -2.57. The molecule has 3 N–H and O–H groups in total. The molecular formula is C22H23N5O4. The molecule has 1 aliphatic heterocycles. The Balaban J connectivity index is 1.59. The van der Waals surface area contributed by atoms with E-state index in [2.05, 4.69) is 16.4 Å². The summed E-state index contributed by atoms with van der Waals surface area (Å²) in [5, 5.41) is 12.9. The van der Waals surface area contributed by atoms with E-state index in [1.165, 1.54) is 4.57 Å². The molecule has 0 radical (unpaired) electrons. The van der Waals surface area contributed by atoms with Crippen molar-refractivity contribution in [2.24, 2.45) is 18.7 Å². The Hall–Kier alpha value is -3.48. The number of amides is 1. The van der Waals surface area contributed by atoms with Crippen LogP contribution in [0.4, 0.5) is 0 Å². The van der Waals surface area contributed by atoms with E-state index in [-0.39, 0.29) is 13.0 Å². The van der Waals surface area contributed by atoms with Gasteiger partial charge >= 0.3 is 5.76 Å². The van der Waals surface area contributed by atoms with Crippen LogP contribution in [0.3, 0.4) is 0 Å². The molecule has 3 aromatic rings. The van der Waals surface area contributed by atoms with Crippen molar-refractivity contribution in [1.29, 1.82) is 5.26 Å². The summed E-state index contributed by atoms with van der Waals surface area (Å²) in [6, 6.07) is 11.3. The zero-order valence-electron chi connectivity index (χ0n) is 17.1. The van der Waals surface area contributed by atoms with Gasteiger partial charge in [0.1, 0.15) is 0 Å². The average molecular weight is 421 g/mol. The first-order valence-corrected chi connectivity index (χ1v) is 10.0. The normalized spacial score (nSPS) is 20.1. The van der Waals surface area contributed by atoms with Crippen LogP contribution in [-0.2, 0) is 23.0 Å². The van der Waals surface area contributed by atoms with Crippen LogP contribution in [0.5, 0.6) is 0 Å². The summed E-state index contributed by atoms with van der Waals surface area (Å²) in [5.41, 5.74) is 7.81. The number of nitriles is 1. The third-order valence-electron chi connectivity index (χ3n) is 5.73. The first-order valence-electron chi connectivity index (χ1n) is 10.0. The number of hydrogen-bond acceptors (Lipinski definition) is 7. The predicted octanol–water partition coefficient (Wildman–Crippen LogP) is 1.11. The first-order chi connectivity index (χ1) is 14.9. The number of carbonyl (C=O) groups excluding carboxylic acids is 1. The number of nitrogens with one attached hydrogen (secondary N) is 1. The van der Waals surface area contributed by atoms with Gasteiger partial charge in [0.2, 0.25) is 0 Å². The van der Waals surface area contributed by atoms with Gasteiger partial charge in [-0.15, -0.1) is 0 Å². The van der Waals surface area contributed by atoms with Crippen molar-refractivity contribution in [1.82, 2.24) is 14.9 Å². The molecule has 1 fully saturated rings. The predicted molar refractivity (Wildman–Crippen MR) is 113 cm³/mol. The maximum Gasteiger partial charge on any atom is 0.419 e. The van der Waals surface area contributed by atoms with E-state index in [0.717, 1.165) is 17.5 Å². The molecule has 31 heavy (non-hydrogen) atoms. The fourth-order valence-corrected chi connectivity index (χ4v) is 3.88. The molecular weight excluding hydrogens is 398 g/mol. The molecule has 2 aromatic heterocycles. The third kappa shape index (κ3) is 3.83. The van der Waals surface area contributed by atoms with E-state index in [4.69, 9.17) is 14.9 Å². The molecule has 1 unspecified atom stereocenters. The Morgan fingerprint density at radius 2 is 2.26 bits per heavy atom. The first kappa shape index (κ1) is 20.8. The van der Waals surface area contributed by atoms with E-state index in [1.807, 2.05) is 24.3 Å². The molecule has 1 aliphatic rings. The number of aromatic nitrogens is 2. The average Bonchev–Trinajstić information content (AvgIpc) is 2.95. The van der Waals surface area contributed by atoms with Crippen LogP contribution < -0.4 is 16.8 Å². The van der Waals surface area contributed by atoms with Crippen molar-refractivity contribution < 1.29 is 13.9 Å². The van der Waals surface area contributed by atoms with Crippen molar-refractivity contribution in [2.45, 2.75) is 18.4 Å². The van der Waals surface area contributed by atoms with E-state index in [0.29, 0.717) is 29.9 Å². The van der Waals surface area contributed by atoms with Gasteiger partial charge in [-0.2, -0.15) is 5.26 Å². The summed E-state index contributed by atoms with van der Waals surface area (Å²) in [5.74, 6) is -1.81. The topological polar surface area (TPSA) is 136 Å². The third-order valence-corrected chi connectivity index (χ3v) is 5.73. The van der Waals surface area contributed by atoms with Crippen LogP contribution in [-0.4, -0.2) is 40.8 Å². The molecule has 4 rings (SSSR count). The number of fused-ring (bicyclic) bond motifs is 1. The van der Waals surface area contributed by atoms with Gasteiger partial charge in [0, 0.05) is 32.0 Å². The second kappa shape index (κ2) is 8.34. The lowest BCUT2D eigenvalue weighted by atomic mass is 9.83. The summed E-state index contributed by atoms with van der Waals surface area (Å²) < 4.78 is 12.4. The van der Waals surface area contributed by atoms with Gasteiger partial charge in [0.15, 0.2) is 11.2 Å². The molecule has 3 heterocycles. The van der Waals surface area contributed by atoms with Crippen LogP contribution in [0.25, 0.3) is 22.4 Å². The van der Waals surface area contributed by atoms with E-state index in [1.54, 1.807) is 19.3 Å². The summed E-state index contributed by atoms with van der Waals surface area (Å²) in [6.07, 6.45) is 2.71. The number of aryl methyl sites for hydroxylation is 1. The molecule has 1 amide bonds. The highest BCUT2D eigenvalue weighted by atomic mass is 16.5. The van der Waals surface area contributed by atoms with Crippen LogP contribution in [0.1, 0.15) is 12.0 Å². The minimum Gasteiger partial charge on any atom is -0.408 e. The van der Waals surface area contributed by atoms with Gasteiger partial charge in [-0.1, -0.05) is 6.07 Å². The number of hydrogen-bond donors (Lipinski definition) is 2. The van der Waals surface area contributed by atoms with Crippen LogP contribution in [0.2, 0.25) is 0 Å². The second-order valence-corrected chi connectivity index (χ2v) is 7.68. The van der Waals surface area contributed by atoms with Crippen molar-refractivity contribution >= 4 is 17.0 Å². The van der Waals surface area contributed by atoms with Gasteiger partial charge in [-0.3, -0.25) is 14.3 Å². The van der Waals surface area contributed by atoms with E-state index >= 15 is 0 Å². The standard InChI is InChI=1S/C22H23N5O4/c1-27-18-10-15(4-6-19(18)31-21(27)29)17-5-3-14(12-26-17)9-16(11-23)22(20(24)28)13-25-7-2-8-30-22/h3-6,10,12,16,25H,2,7-9,13H2,1H3,(H2,24,28)/t16-,22?/m1/s1. The SMILES string of the molecule is Cn1c(=O)oc2ccc(-c3ccc(C[C@H](C#N)C4(C(N)=O)CNCCCO4)cn3)cc21. The molecule has 9 heteroatoms. The quantitative estimate of drug-likeness (QED) is 0.630. The number of oxazole rings is 1. The molecule has 160 valence electrons. The Morgan fingerprint density at radius 1 is 1.42 bits per heavy atom. The number of carbonyl (C=O) groups is 1. The number of pyridine rings is 1. The zero-order valence-corrected chi connectivity index (χ0v) is 17.1. The van der Waals surface area contributed by atoms with Crippen LogP contribution in [0.15, 0.2) is 45.7 Å². The lowest BCUT2D eigenvalue weighted by Gasteiger charge is -2.33. The molecule has 1 aromatic carbocycles. The fraction of sp³-hybridized carbons (Fsp3) is 0.364. The second-order valence-electron chi connectivity index (χ2n) is 7.68. The van der Waals surface area contributed by atoms with Gasteiger partial charge in [-0.05, 0) is 49.2 Å². The van der Waals surface area contributed by atoms with Gasteiger partial charge < -0.3 is 20.2 Å². The summed E-state index contributed by atoms with van der Waals surface area (Å²) >= 11 is 0. The molecule has 0 spiro atoms. The van der Waals surface area contributed by atoms with Gasteiger partial charge in [0.05, 0.1) is 23.2 Å². The smallest absolute Gasteiger partial charge is 0.408 e. The van der Waals surface area contributed by atoms with Crippen molar-refractivity contribution in [3.05, 3.63) is 52.6 Å². The molecule has 0 bridgehead atoms. The highest BCUT2D eigenvalue weighted by molar-refractivity contribution is 5.85. The molecule has 0 aliphatic carbocycles. The summed E-state index contributed by atoms with van der Waals surface area (Å²) in [7, 11) is 1.65. The monoisotopic (exact) mass is 421 g/mol. The molecule has 2 atom stereocenters. The Labute approximate surface area is 178 Å². The number of nitrogens with two attached hydrogens (primary N) is 1. The Morgan fingerprint density at radius 3 is 2.97 bits per heavy atom. The van der Waals surface area contributed by atoms with Gasteiger partial charge in [0.25, 0.3) is 5.91 Å². The number of benzene rings is 1. The lowest BCUT2D eigenvalue weighted by molar-refractivity contribution is -0.147. The van der Waals surface area contributed by atoms with Crippen molar-refractivity contribution in [3.63, 3.8) is 0 Å². The summed E-state index contributed by atoms with van der Waals surface area (Å²) in [6.45, 7) is 1.27. The van der Waals surface area contributed by atoms with Crippen LogP contribution in [0, 0.1) is 17.2 Å². The van der Waals surface area contributed by atoms with Crippen molar-refractivity contribution in [2.75, 3.05) is 19.7 Å². The number of rotatable bonds is 5.